The van der Waals surface area contributed by atoms with Crippen molar-refractivity contribution in [2.45, 2.75) is 18.2 Å². The predicted octanol–water partition coefficient (Wildman–Crippen LogP) is 2.68. The quantitative estimate of drug-likeness (QED) is 0.936. The summed E-state index contributed by atoms with van der Waals surface area (Å²) in [7, 11) is -3.97. The first-order chi connectivity index (χ1) is 9.66. The molecule has 0 aliphatic heterocycles. The van der Waals surface area contributed by atoms with Crippen molar-refractivity contribution >= 4 is 15.8 Å². The van der Waals surface area contributed by atoms with Gasteiger partial charge in [0.05, 0.1) is 4.90 Å². The Morgan fingerprint density at radius 3 is 2.33 bits per heavy atom. The van der Waals surface area contributed by atoms with Crippen LogP contribution >= 0.6 is 0 Å². The molecule has 1 N–H and O–H groups in total. The zero-order valence-corrected chi connectivity index (χ0v) is 11.3. The van der Waals surface area contributed by atoms with Crippen LogP contribution in [0.2, 0.25) is 0 Å². The molecular weight excluding hydrogens is 313 g/mol. The number of hydrogen-bond acceptors (Lipinski definition) is 5. The molecule has 114 valence electrons. The van der Waals surface area contributed by atoms with E-state index in [-0.39, 0.29) is 10.7 Å². The van der Waals surface area contributed by atoms with Crippen molar-refractivity contribution in [3.63, 3.8) is 0 Å². The van der Waals surface area contributed by atoms with Crippen molar-refractivity contribution < 1.29 is 30.8 Å². The van der Waals surface area contributed by atoms with Gasteiger partial charge >= 0.3 is 6.36 Å². The third kappa shape index (κ3) is 4.12. The molecule has 0 saturated carbocycles. The molecular formula is C11H9F3N2O4S. The summed E-state index contributed by atoms with van der Waals surface area (Å²) in [6, 6.07) is 5.12. The fraction of sp³-hybridized carbons (Fsp3) is 0.182. The third-order valence-electron chi connectivity index (χ3n) is 2.23. The number of anilines is 1. The highest BCUT2D eigenvalue weighted by molar-refractivity contribution is 7.92. The van der Waals surface area contributed by atoms with E-state index in [2.05, 4.69) is 14.6 Å². The monoisotopic (exact) mass is 322 g/mol. The Bertz CT molecular complexity index is 723. The van der Waals surface area contributed by atoms with E-state index in [1.165, 1.54) is 6.07 Å². The van der Waals surface area contributed by atoms with Crippen molar-refractivity contribution in [3.05, 3.63) is 36.1 Å². The summed E-state index contributed by atoms with van der Waals surface area (Å²) >= 11 is 0. The van der Waals surface area contributed by atoms with E-state index in [4.69, 9.17) is 4.52 Å². The number of nitrogens with one attached hydrogen (secondary N) is 1. The molecule has 2 aromatic rings. The summed E-state index contributed by atoms with van der Waals surface area (Å²) in [5, 5.41) is 3.45. The van der Waals surface area contributed by atoms with Crippen LogP contribution in [-0.4, -0.2) is 19.9 Å². The van der Waals surface area contributed by atoms with Gasteiger partial charge in [0.1, 0.15) is 11.5 Å². The highest BCUT2D eigenvalue weighted by atomic mass is 32.2. The second kappa shape index (κ2) is 5.28. The first-order valence-electron chi connectivity index (χ1n) is 5.48. The van der Waals surface area contributed by atoms with E-state index >= 15 is 0 Å². The van der Waals surface area contributed by atoms with Gasteiger partial charge < -0.3 is 9.26 Å². The van der Waals surface area contributed by atoms with Gasteiger partial charge in [0, 0.05) is 6.07 Å². The van der Waals surface area contributed by atoms with Crippen LogP contribution < -0.4 is 9.46 Å². The average molecular weight is 322 g/mol. The maximum absolute atomic E-state index is 12.0. The smallest absolute Gasteiger partial charge is 0.406 e. The van der Waals surface area contributed by atoms with Crippen LogP contribution in [0.4, 0.5) is 19.0 Å². The fourth-order valence-electron chi connectivity index (χ4n) is 1.43. The van der Waals surface area contributed by atoms with Crippen LogP contribution in [0.25, 0.3) is 0 Å². The number of sulfonamides is 1. The lowest BCUT2D eigenvalue weighted by Gasteiger charge is -2.09. The molecule has 0 bridgehead atoms. The molecule has 6 nitrogen and oxygen atoms in total. The highest BCUT2D eigenvalue weighted by Gasteiger charge is 2.31. The Morgan fingerprint density at radius 2 is 1.86 bits per heavy atom. The fourth-order valence-corrected chi connectivity index (χ4v) is 2.42. The number of nitrogens with zero attached hydrogens (tertiary/aromatic N) is 1. The molecule has 0 fully saturated rings. The number of aryl methyl sites for hydroxylation is 1. The van der Waals surface area contributed by atoms with E-state index in [1.807, 2.05) is 0 Å². The Labute approximate surface area is 117 Å². The summed E-state index contributed by atoms with van der Waals surface area (Å²) in [5.74, 6) is -0.136. The van der Waals surface area contributed by atoms with E-state index in [0.29, 0.717) is 5.76 Å². The second-order valence-electron chi connectivity index (χ2n) is 3.95. The number of benzene rings is 1. The standard InChI is InChI=1S/C11H9F3N2O4S/c1-7-6-10(15-20-7)16-21(17,18)9-4-2-8(3-5-9)19-11(12,13)14/h2-6H,1H3,(H,15,16). The molecule has 0 radical (unpaired) electrons. The lowest BCUT2D eigenvalue weighted by Crippen LogP contribution is -2.17. The lowest BCUT2D eigenvalue weighted by molar-refractivity contribution is -0.274. The van der Waals surface area contributed by atoms with Crippen LogP contribution in [0, 0.1) is 6.92 Å². The van der Waals surface area contributed by atoms with Gasteiger partial charge in [-0.15, -0.1) is 13.2 Å². The van der Waals surface area contributed by atoms with E-state index in [0.717, 1.165) is 24.3 Å². The molecule has 0 amide bonds. The molecule has 1 heterocycles. The van der Waals surface area contributed by atoms with Crippen LogP contribution in [0.1, 0.15) is 5.76 Å². The minimum Gasteiger partial charge on any atom is -0.406 e. The van der Waals surface area contributed by atoms with Gasteiger partial charge in [-0.05, 0) is 31.2 Å². The summed E-state index contributed by atoms with van der Waals surface area (Å²) in [6.07, 6.45) is -4.84. The van der Waals surface area contributed by atoms with Crippen molar-refractivity contribution in [2.75, 3.05) is 4.72 Å². The van der Waals surface area contributed by atoms with Crippen LogP contribution in [0.3, 0.4) is 0 Å². The topological polar surface area (TPSA) is 81.4 Å². The van der Waals surface area contributed by atoms with Gasteiger partial charge in [0.25, 0.3) is 10.0 Å². The molecule has 0 unspecified atom stereocenters. The van der Waals surface area contributed by atoms with Gasteiger partial charge in [-0.1, -0.05) is 5.16 Å². The molecule has 21 heavy (non-hydrogen) atoms. The molecule has 0 atom stereocenters. The van der Waals surface area contributed by atoms with E-state index < -0.39 is 22.1 Å². The van der Waals surface area contributed by atoms with Gasteiger partial charge in [-0.25, -0.2) is 8.42 Å². The van der Waals surface area contributed by atoms with Gasteiger partial charge in [-0.2, -0.15) is 0 Å². The highest BCUT2D eigenvalue weighted by Crippen LogP contribution is 2.24. The van der Waals surface area contributed by atoms with Crippen molar-refractivity contribution in [1.82, 2.24) is 5.16 Å². The van der Waals surface area contributed by atoms with Crippen LogP contribution in [0.15, 0.2) is 39.8 Å². The van der Waals surface area contributed by atoms with Crippen LogP contribution in [-0.2, 0) is 10.0 Å². The maximum Gasteiger partial charge on any atom is 0.573 e. The molecule has 0 aliphatic rings. The summed E-state index contributed by atoms with van der Waals surface area (Å²) in [5.41, 5.74) is 0. The zero-order chi connectivity index (χ0) is 15.7. The van der Waals surface area contributed by atoms with Crippen LogP contribution in [0.5, 0.6) is 5.75 Å². The molecule has 2 rings (SSSR count). The number of hydrogen-bond donors (Lipinski definition) is 1. The molecule has 1 aromatic heterocycles. The molecule has 0 spiro atoms. The van der Waals surface area contributed by atoms with E-state index in [1.54, 1.807) is 6.92 Å². The average Bonchev–Trinajstić information content (AvgIpc) is 2.72. The Kier molecular flexibility index (Phi) is 3.81. The number of ether oxygens (including phenoxy) is 1. The molecule has 10 heteroatoms. The third-order valence-corrected chi connectivity index (χ3v) is 3.61. The number of aromatic nitrogens is 1. The largest absolute Gasteiger partial charge is 0.573 e. The summed E-state index contributed by atoms with van der Waals surface area (Å²) < 4.78 is 70.4. The normalized spacial score (nSPS) is 12.2. The minimum absolute atomic E-state index is 0.0249. The maximum atomic E-state index is 12.0. The SMILES string of the molecule is Cc1cc(NS(=O)(=O)c2ccc(OC(F)(F)F)cc2)no1. The molecule has 1 aromatic carbocycles. The lowest BCUT2D eigenvalue weighted by atomic mass is 10.3. The Balaban J connectivity index is 2.17. The van der Waals surface area contributed by atoms with Crippen molar-refractivity contribution in [2.24, 2.45) is 0 Å². The first-order valence-corrected chi connectivity index (χ1v) is 6.96. The predicted molar refractivity (Wildman–Crippen MR) is 65.2 cm³/mol. The summed E-state index contributed by atoms with van der Waals surface area (Å²) in [4.78, 5) is -0.238. The van der Waals surface area contributed by atoms with E-state index in [9.17, 15) is 21.6 Å². The number of halogens is 3. The number of rotatable bonds is 4. The van der Waals surface area contributed by atoms with Gasteiger partial charge in [-0.3, -0.25) is 4.72 Å². The Morgan fingerprint density at radius 1 is 1.24 bits per heavy atom. The second-order valence-corrected chi connectivity index (χ2v) is 5.63. The molecule has 0 saturated heterocycles. The van der Waals surface area contributed by atoms with Gasteiger partial charge in [0.15, 0.2) is 5.82 Å². The molecule has 0 aliphatic carbocycles. The zero-order valence-electron chi connectivity index (χ0n) is 10.5. The Hall–Kier alpha value is -2.23. The minimum atomic E-state index is -4.84. The van der Waals surface area contributed by atoms with Gasteiger partial charge in [0.2, 0.25) is 0 Å². The van der Waals surface area contributed by atoms with Crippen molar-refractivity contribution in [3.8, 4) is 5.75 Å². The number of alkyl halides is 3. The first kappa shape index (κ1) is 15.2. The summed E-state index contributed by atoms with van der Waals surface area (Å²) in [6.45, 7) is 1.58. The van der Waals surface area contributed by atoms with Crippen molar-refractivity contribution in [1.29, 1.82) is 0 Å².